The normalized spacial score (nSPS) is 12.7. The first-order chi connectivity index (χ1) is 9.27. The van der Waals surface area contributed by atoms with Gasteiger partial charge in [-0.3, -0.25) is 0 Å². The molecule has 0 heterocycles. The van der Waals surface area contributed by atoms with Gasteiger partial charge in [0, 0.05) is 5.02 Å². The standard InChI is InChI=1S/C18H29ClS/c1-6-20-14-13-17(2,3)11-12-18(4,5)15-7-9-16(19)10-8-15/h7-10H,6,11-14H2,1-5H3. The zero-order valence-electron chi connectivity index (χ0n) is 13.6. The van der Waals surface area contributed by atoms with E-state index in [4.69, 9.17) is 11.6 Å². The highest BCUT2D eigenvalue weighted by Crippen LogP contribution is 2.36. The van der Waals surface area contributed by atoms with Gasteiger partial charge in [0.15, 0.2) is 0 Å². The summed E-state index contributed by atoms with van der Waals surface area (Å²) in [5.74, 6) is 2.51. The second-order valence-electron chi connectivity index (χ2n) is 7.00. The second-order valence-corrected chi connectivity index (χ2v) is 8.83. The number of benzene rings is 1. The Balaban J connectivity index is 2.55. The van der Waals surface area contributed by atoms with Gasteiger partial charge >= 0.3 is 0 Å². The molecule has 0 nitrogen and oxygen atoms in total. The van der Waals surface area contributed by atoms with Crippen molar-refractivity contribution in [1.82, 2.24) is 0 Å². The Kier molecular flexibility index (Phi) is 6.94. The third-order valence-electron chi connectivity index (χ3n) is 4.18. The van der Waals surface area contributed by atoms with Crippen LogP contribution >= 0.6 is 23.4 Å². The number of rotatable bonds is 8. The number of hydrogen-bond donors (Lipinski definition) is 0. The van der Waals surface area contributed by atoms with Crippen molar-refractivity contribution in [3.05, 3.63) is 34.9 Å². The van der Waals surface area contributed by atoms with Crippen LogP contribution in [0.2, 0.25) is 5.02 Å². The van der Waals surface area contributed by atoms with E-state index >= 15 is 0 Å². The lowest BCUT2D eigenvalue weighted by atomic mass is 9.74. The van der Waals surface area contributed by atoms with Crippen molar-refractivity contribution in [2.45, 2.75) is 59.3 Å². The third-order valence-corrected chi connectivity index (χ3v) is 5.33. The summed E-state index contributed by atoms with van der Waals surface area (Å²) in [6.07, 6.45) is 3.80. The molecule has 0 saturated heterocycles. The molecule has 1 rings (SSSR count). The molecule has 1 aromatic carbocycles. The van der Waals surface area contributed by atoms with E-state index in [0.29, 0.717) is 5.41 Å². The molecule has 0 fully saturated rings. The van der Waals surface area contributed by atoms with Crippen molar-refractivity contribution < 1.29 is 0 Å². The van der Waals surface area contributed by atoms with Gasteiger partial charge < -0.3 is 0 Å². The van der Waals surface area contributed by atoms with Crippen LogP contribution in [0.1, 0.15) is 59.4 Å². The van der Waals surface area contributed by atoms with E-state index in [1.807, 2.05) is 12.1 Å². The van der Waals surface area contributed by atoms with Crippen LogP contribution in [-0.4, -0.2) is 11.5 Å². The van der Waals surface area contributed by atoms with Crippen molar-refractivity contribution in [3.63, 3.8) is 0 Å². The van der Waals surface area contributed by atoms with E-state index in [0.717, 1.165) is 5.02 Å². The topological polar surface area (TPSA) is 0 Å². The number of hydrogen-bond acceptors (Lipinski definition) is 1. The minimum atomic E-state index is 0.222. The molecule has 0 unspecified atom stereocenters. The molecule has 20 heavy (non-hydrogen) atoms. The van der Waals surface area contributed by atoms with Crippen molar-refractivity contribution >= 4 is 23.4 Å². The predicted molar refractivity (Wildman–Crippen MR) is 95.1 cm³/mol. The van der Waals surface area contributed by atoms with Crippen molar-refractivity contribution in [3.8, 4) is 0 Å². The summed E-state index contributed by atoms with van der Waals surface area (Å²) >= 11 is 8.03. The largest absolute Gasteiger partial charge is 0.162 e. The highest BCUT2D eigenvalue weighted by molar-refractivity contribution is 7.99. The fraction of sp³-hybridized carbons (Fsp3) is 0.667. The summed E-state index contributed by atoms with van der Waals surface area (Å²) in [5.41, 5.74) is 2.05. The Labute approximate surface area is 134 Å². The van der Waals surface area contributed by atoms with Crippen molar-refractivity contribution in [1.29, 1.82) is 0 Å². The smallest absolute Gasteiger partial charge is 0.0406 e. The zero-order chi connectivity index (χ0) is 15.2. The Morgan fingerprint density at radius 2 is 1.55 bits per heavy atom. The summed E-state index contributed by atoms with van der Waals surface area (Å²) in [6.45, 7) is 11.7. The van der Waals surface area contributed by atoms with Crippen molar-refractivity contribution in [2.24, 2.45) is 5.41 Å². The molecular weight excluding hydrogens is 284 g/mol. The molecule has 0 aliphatic carbocycles. The van der Waals surface area contributed by atoms with E-state index in [-0.39, 0.29) is 5.41 Å². The van der Waals surface area contributed by atoms with Gasteiger partial charge in [0.25, 0.3) is 0 Å². The Hall–Kier alpha value is -0.140. The molecule has 0 saturated carbocycles. The maximum Gasteiger partial charge on any atom is 0.0406 e. The molecule has 0 spiro atoms. The molecular formula is C18H29ClS. The van der Waals surface area contributed by atoms with Gasteiger partial charge in [0.05, 0.1) is 0 Å². The molecule has 0 N–H and O–H groups in total. The molecule has 1 aromatic rings. The minimum Gasteiger partial charge on any atom is -0.162 e. The second kappa shape index (κ2) is 7.75. The van der Waals surface area contributed by atoms with Crippen LogP contribution in [0.25, 0.3) is 0 Å². The Bertz CT molecular complexity index is 392. The molecule has 2 heteroatoms. The summed E-state index contributed by atoms with van der Waals surface area (Å²) < 4.78 is 0. The molecule has 0 amide bonds. The minimum absolute atomic E-state index is 0.222. The summed E-state index contributed by atoms with van der Waals surface area (Å²) in [5, 5.41) is 0.821. The van der Waals surface area contributed by atoms with Gasteiger partial charge in [-0.2, -0.15) is 11.8 Å². The SMILES string of the molecule is CCSCCC(C)(C)CCC(C)(C)c1ccc(Cl)cc1. The summed E-state index contributed by atoms with van der Waals surface area (Å²) in [4.78, 5) is 0. The average molecular weight is 313 g/mol. The van der Waals surface area contributed by atoms with Crippen LogP contribution in [0.15, 0.2) is 24.3 Å². The van der Waals surface area contributed by atoms with Gasteiger partial charge in [0.1, 0.15) is 0 Å². The fourth-order valence-electron chi connectivity index (χ4n) is 2.31. The highest BCUT2D eigenvalue weighted by Gasteiger charge is 2.25. The first kappa shape index (κ1) is 17.9. The Morgan fingerprint density at radius 3 is 2.10 bits per heavy atom. The lowest BCUT2D eigenvalue weighted by Gasteiger charge is -2.31. The predicted octanol–water partition coefficient (Wildman–Crippen LogP) is 6.57. The number of thioether (sulfide) groups is 1. The van der Waals surface area contributed by atoms with E-state index in [2.05, 4.69) is 58.5 Å². The van der Waals surface area contributed by atoms with Crippen LogP contribution < -0.4 is 0 Å². The van der Waals surface area contributed by atoms with Crippen LogP contribution in [0, 0.1) is 5.41 Å². The van der Waals surface area contributed by atoms with E-state index in [1.54, 1.807) is 0 Å². The van der Waals surface area contributed by atoms with Crippen LogP contribution in [-0.2, 0) is 5.41 Å². The molecule has 0 aliphatic rings. The van der Waals surface area contributed by atoms with Crippen LogP contribution in [0.4, 0.5) is 0 Å². The van der Waals surface area contributed by atoms with Gasteiger partial charge in [-0.1, -0.05) is 58.4 Å². The van der Waals surface area contributed by atoms with E-state index in [1.165, 1.54) is 36.3 Å². The van der Waals surface area contributed by atoms with Gasteiger partial charge in [-0.25, -0.2) is 0 Å². The molecule has 0 aliphatic heterocycles. The van der Waals surface area contributed by atoms with E-state index < -0.39 is 0 Å². The first-order valence-corrected chi connectivity index (χ1v) is 9.14. The van der Waals surface area contributed by atoms with E-state index in [9.17, 15) is 0 Å². The zero-order valence-corrected chi connectivity index (χ0v) is 15.2. The fourth-order valence-corrected chi connectivity index (χ4v) is 3.43. The van der Waals surface area contributed by atoms with Gasteiger partial charge in [-0.05, 0) is 59.3 Å². The molecule has 0 aromatic heterocycles. The molecule has 0 bridgehead atoms. The Morgan fingerprint density at radius 1 is 0.950 bits per heavy atom. The summed E-state index contributed by atoms with van der Waals surface area (Å²) in [6, 6.07) is 8.34. The maximum absolute atomic E-state index is 5.98. The number of halogens is 1. The van der Waals surface area contributed by atoms with Crippen LogP contribution in [0.5, 0.6) is 0 Å². The monoisotopic (exact) mass is 312 g/mol. The third kappa shape index (κ3) is 6.10. The molecule has 114 valence electrons. The lowest BCUT2D eigenvalue weighted by molar-refractivity contribution is 0.279. The quantitative estimate of drug-likeness (QED) is 0.489. The molecule has 0 radical (unpaired) electrons. The van der Waals surface area contributed by atoms with Crippen LogP contribution in [0.3, 0.4) is 0 Å². The van der Waals surface area contributed by atoms with Crippen molar-refractivity contribution in [2.75, 3.05) is 11.5 Å². The molecule has 0 atom stereocenters. The van der Waals surface area contributed by atoms with Gasteiger partial charge in [0.2, 0.25) is 0 Å². The first-order valence-electron chi connectivity index (χ1n) is 7.61. The maximum atomic E-state index is 5.98. The average Bonchev–Trinajstić information content (AvgIpc) is 2.37. The highest BCUT2D eigenvalue weighted by atomic mass is 35.5. The lowest BCUT2D eigenvalue weighted by Crippen LogP contribution is -2.22. The van der Waals surface area contributed by atoms with Gasteiger partial charge in [-0.15, -0.1) is 0 Å². The summed E-state index contributed by atoms with van der Waals surface area (Å²) in [7, 11) is 0.